The summed E-state index contributed by atoms with van der Waals surface area (Å²) in [5.74, 6) is 0.578. The lowest BCUT2D eigenvalue weighted by Crippen LogP contribution is -2.22. The second kappa shape index (κ2) is 6.89. The van der Waals surface area contributed by atoms with Gasteiger partial charge in [-0.05, 0) is 31.0 Å². The zero-order valence-corrected chi connectivity index (χ0v) is 16.0. The highest BCUT2D eigenvalue weighted by Crippen LogP contribution is 2.39. The molecule has 146 valence electrons. The molecule has 4 aromatic rings. The van der Waals surface area contributed by atoms with Gasteiger partial charge in [-0.3, -0.25) is 19.0 Å². The Labute approximate surface area is 166 Å². The second-order valence-electron chi connectivity index (χ2n) is 7.37. The van der Waals surface area contributed by atoms with Crippen LogP contribution in [0.15, 0.2) is 47.9 Å². The van der Waals surface area contributed by atoms with Crippen LogP contribution in [0.25, 0.3) is 33.4 Å². The zero-order chi connectivity index (χ0) is 20.0. The van der Waals surface area contributed by atoms with Gasteiger partial charge in [-0.2, -0.15) is 5.10 Å². The molecule has 1 saturated carbocycles. The maximum Gasteiger partial charge on any atom is 0.261 e. The Morgan fingerprint density at radius 3 is 2.69 bits per heavy atom. The Morgan fingerprint density at radius 2 is 2.03 bits per heavy atom. The van der Waals surface area contributed by atoms with Crippen LogP contribution in [0.3, 0.4) is 0 Å². The fraction of sp³-hybridized carbons (Fsp3) is 0.286. The minimum absolute atomic E-state index is 0.132. The fourth-order valence-corrected chi connectivity index (χ4v) is 3.50. The topological polar surface area (TPSA) is 98.7 Å². The van der Waals surface area contributed by atoms with E-state index in [0.717, 1.165) is 16.8 Å². The lowest BCUT2D eigenvalue weighted by atomic mass is 10.1. The number of rotatable bonds is 5. The Kier molecular flexibility index (Phi) is 4.21. The van der Waals surface area contributed by atoms with Crippen molar-refractivity contribution in [2.45, 2.75) is 25.3 Å². The highest BCUT2D eigenvalue weighted by Gasteiger charge is 2.24. The molecule has 0 aromatic carbocycles. The van der Waals surface area contributed by atoms with Gasteiger partial charge in [0.1, 0.15) is 11.2 Å². The van der Waals surface area contributed by atoms with Crippen LogP contribution in [0.5, 0.6) is 0 Å². The maximum absolute atomic E-state index is 13.0. The van der Waals surface area contributed by atoms with Gasteiger partial charge in [-0.1, -0.05) is 0 Å². The summed E-state index contributed by atoms with van der Waals surface area (Å²) in [6.45, 7) is 0.0618. The van der Waals surface area contributed by atoms with Gasteiger partial charge in [0.2, 0.25) is 0 Å². The van der Waals surface area contributed by atoms with Gasteiger partial charge < -0.3 is 5.11 Å². The minimum atomic E-state index is -0.208. The summed E-state index contributed by atoms with van der Waals surface area (Å²) >= 11 is 0. The molecule has 0 aliphatic heterocycles. The lowest BCUT2D eigenvalue weighted by molar-refractivity contribution is 0.274. The molecule has 0 radical (unpaired) electrons. The predicted molar refractivity (Wildman–Crippen MR) is 108 cm³/mol. The summed E-state index contributed by atoms with van der Waals surface area (Å²) in [7, 11) is 1.83. The summed E-state index contributed by atoms with van der Waals surface area (Å²) in [5, 5.41) is 13.9. The van der Waals surface area contributed by atoms with Crippen LogP contribution in [0.2, 0.25) is 0 Å². The molecule has 0 spiro atoms. The van der Waals surface area contributed by atoms with Gasteiger partial charge in [0.15, 0.2) is 0 Å². The number of aryl methyl sites for hydroxylation is 1. The summed E-state index contributed by atoms with van der Waals surface area (Å²) < 4.78 is 3.10. The van der Waals surface area contributed by atoms with Crippen LogP contribution in [0, 0.1) is 0 Å². The van der Waals surface area contributed by atoms with Gasteiger partial charge >= 0.3 is 0 Å². The van der Waals surface area contributed by atoms with E-state index in [1.165, 1.54) is 23.7 Å². The van der Waals surface area contributed by atoms with E-state index in [-0.39, 0.29) is 18.7 Å². The molecule has 29 heavy (non-hydrogen) atoms. The van der Waals surface area contributed by atoms with E-state index >= 15 is 0 Å². The molecule has 1 fully saturated rings. The SMILES string of the molecule is Cn1cc(-c2nc(-c3ccc(C4CC4)nc3)cc3c(=O)n(CCO)cnc23)cn1. The quantitative estimate of drug-likeness (QED) is 0.562. The first-order chi connectivity index (χ1) is 14.1. The van der Waals surface area contributed by atoms with Gasteiger partial charge in [0.25, 0.3) is 5.56 Å². The third-order valence-corrected chi connectivity index (χ3v) is 5.21. The monoisotopic (exact) mass is 388 g/mol. The van der Waals surface area contributed by atoms with Crippen LogP contribution in [-0.4, -0.2) is 41.0 Å². The first-order valence-electron chi connectivity index (χ1n) is 9.60. The van der Waals surface area contributed by atoms with E-state index in [1.54, 1.807) is 16.9 Å². The summed E-state index contributed by atoms with van der Waals surface area (Å²) in [6, 6.07) is 5.80. The first kappa shape index (κ1) is 17.7. The van der Waals surface area contributed by atoms with E-state index in [1.807, 2.05) is 31.6 Å². The predicted octanol–water partition coefficient (Wildman–Crippen LogP) is 2.12. The molecule has 1 aliphatic carbocycles. The lowest BCUT2D eigenvalue weighted by Gasteiger charge is -2.10. The number of aliphatic hydroxyl groups is 1. The average Bonchev–Trinajstić information content (AvgIpc) is 3.50. The Bertz CT molecular complexity index is 1250. The molecule has 4 heterocycles. The zero-order valence-electron chi connectivity index (χ0n) is 16.0. The number of nitrogens with zero attached hydrogens (tertiary/aromatic N) is 6. The third-order valence-electron chi connectivity index (χ3n) is 5.21. The normalized spacial score (nSPS) is 13.9. The van der Waals surface area contributed by atoms with E-state index in [9.17, 15) is 9.90 Å². The molecule has 8 heteroatoms. The van der Waals surface area contributed by atoms with E-state index < -0.39 is 0 Å². The van der Waals surface area contributed by atoms with Crippen LogP contribution >= 0.6 is 0 Å². The minimum Gasteiger partial charge on any atom is -0.395 e. The molecule has 0 amide bonds. The standard InChI is InChI=1S/C21H20N6O2/c1-26-11-15(10-24-26)19-20-16(21(29)27(6-7-28)12-23-20)8-18(25-19)14-4-5-17(22-9-14)13-2-3-13/h4-5,8-13,28H,2-3,6-7H2,1H3. The van der Waals surface area contributed by atoms with Crippen molar-refractivity contribution in [3.05, 3.63) is 59.2 Å². The maximum atomic E-state index is 13.0. The fourth-order valence-electron chi connectivity index (χ4n) is 3.50. The Balaban J connectivity index is 1.72. The highest BCUT2D eigenvalue weighted by molar-refractivity contribution is 5.93. The molecular weight excluding hydrogens is 368 g/mol. The number of pyridine rings is 2. The molecule has 4 aromatic heterocycles. The molecular formula is C21H20N6O2. The van der Waals surface area contributed by atoms with Crippen molar-refractivity contribution in [1.29, 1.82) is 0 Å². The third kappa shape index (κ3) is 3.21. The largest absolute Gasteiger partial charge is 0.395 e. The van der Waals surface area contributed by atoms with Crippen molar-refractivity contribution in [3.63, 3.8) is 0 Å². The van der Waals surface area contributed by atoms with Crippen LogP contribution in [0.4, 0.5) is 0 Å². The summed E-state index contributed by atoms with van der Waals surface area (Å²) in [4.78, 5) is 26.8. The molecule has 5 rings (SSSR count). The van der Waals surface area contributed by atoms with Gasteiger partial charge in [0, 0.05) is 42.2 Å². The molecule has 0 atom stereocenters. The molecule has 0 saturated heterocycles. The second-order valence-corrected chi connectivity index (χ2v) is 7.37. The van der Waals surface area contributed by atoms with Crippen LogP contribution in [0.1, 0.15) is 24.5 Å². The van der Waals surface area contributed by atoms with Crippen LogP contribution < -0.4 is 5.56 Å². The first-order valence-corrected chi connectivity index (χ1v) is 9.60. The Hall–Kier alpha value is -3.39. The van der Waals surface area contributed by atoms with Gasteiger partial charge in [0.05, 0.1) is 36.8 Å². The number of aromatic nitrogens is 6. The van der Waals surface area contributed by atoms with Gasteiger partial charge in [-0.25, -0.2) is 9.97 Å². The number of aliphatic hydroxyl groups excluding tert-OH is 1. The highest BCUT2D eigenvalue weighted by atomic mass is 16.3. The van der Waals surface area contributed by atoms with Crippen molar-refractivity contribution in [2.75, 3.05) is 6.61 Å². The van der Waals surface area contributed by atoms with Crippen molar-refractivity contribution in [2.24, 2.45) is 7.05 Å². The van der Waals surface area contributed by atoms with Crippen LogP contribution in [-0.2, 0) is 13.6 Å². The van der Waals surface area contributed by atoms with E-state index in [4.69, 9.17) is 4.98 Å². The van der Waals surface area contributed by atoms with E-state index in [2.05, 4.69) is 15.1 Å². The molecule has 0 unspecified atom stereocenters. The molecule has 1 N–H and O–H groups in total. The van der Waals surface area contributed by atoms with Gasteiger partial charge in [-0.15, -0.1) is 0 Å². The summed E-state index contributed by atoms with van der Waals surface area (Å²) in [5.41, 5.74) is 4.31. The number of hydrogen-bond donors (Lipinski definition) is 1. The van der Waals surface area contributed by atoms with Crippen molar-refractivity contribution < 1.29 is 5.11 Å². The Morgan fingerprint density at radius 1 is 1.17 bits per heavy atom. The smallest absolute Gasteiger partial charge is 0.261 e. The molecule has 1 aliphatic rings. The average molecular weight is 388 g/mol. The number of fused-ring (bicyclic) bond motifs is 1. The number of hydrogen-bond acceptors (Lipinski definition) is 6. The summed E-state index contributed by atoms with van der Waals surface area (Å²) in [6.07, 6.45) is 9.22. The molecule has 8 nitrogen and oxygen atoms in total. The van der Waals surface area contributed by atoms with E-state index in [0.29, 0.717) is 28.2 Å². The van der Waals surface area contributed by atoms with Crippen molar-refractivity contribution in [3.8, 4) is 22.5 Å². The van der Waals surface area contributed by atoms with Crippen molar-refractivity contribution in [1.82, 2.24) is 29.3 Å². The van der Waals surface area contributed by atoms with Crippen molar-refractivity contribution >= 4 is 10.9 Å². The molecule has 0 bridgehead atoms.